The topological polar surface area (TPSA) is 86.1 Å². The first kappa shape index (κ1) is 19.5. The van der Waals surface area contributed by atoms with Crippen LogP contribution in [0, 0.1) is 0 Å². The van der Waals surface area contributed by atoms with Gasteiger partial charge in [0.25, 0.3) is 5.91 Å². The van der Waals surface area contributed by atoms with Gasteiger partial charge in [-0.15, -0.1) is 5.10 Å². The Balaban J connectivity index is 1.56. The highest BCUT2D eigenvalue weighted by Gasteiger charge is 2.20. The SMILES string of the molecule is CCn1nnc2cc(C(=O)O[C@@H](C)C(=O)NC[C@@H](C)c3ccccc3)ccc21. The van der Waals surface area contributed by atoms with Gasteiger partial charge in [0.15, 0.2) is 6.10 Å². The van der Waals surface area contributed by atoms with Crippen molar-refractivity contribution >= 4 is 22.9 Å². The quantitative estimate of drug-likeness (QED) is 0.637. The Kier molecular flexibility index (Phi) is 6.03. The van der Waals surface area contributed by atoms with Crippen molar-refractivity contribution in [3.05, 3.63) is 59.7 Å². The number of aromatic nitrogens is 3. The molecule has 0 spiro atoms. The zero-order valence-corrected chi connectivity index (χ0v) is 16.3. The van der Waals surface area contributed by atoms with Gasteiger partial charge < -0.3 is 10.1 Å². The number of rotatable bonds is 7. The molecule has 2 atom stereocenters. The second-order valence-corrected chi connectivity index (χ2v) is 6.71. The summed E-state index contributed by atoms with van der Waals surface area (Å²) in [6.45, 7) is 6.72. The first-order valence-corrected chi connectivity index (χ1v) is 9.36. The fourth-order valence-electron chi connectivity index (χ4n) is 2.91. The maximum Gasteiger partial charge on any atom is 0.338 e. The number of carbonyl (C=O) groups is 2. The number of ether oxygens (including phenoxy) is 1. The number of nitrogens with zero attached hydrogens (tertiary/aromatic N) is 3. The van der Waals surface area contributed by atoms with Crippen LogP contribution in [0.15, 0.2) is 48.5 Å². The van der Waals surface area contributed by atoms with E-state index in [-0.39, 0.29) is 11.8 Å². The molecule has 0 radical (unpaired) electrons. The van der Waals surface area contributed by atoms with Crippen molar-refractivity contribution in [2.75, 3.05) is 6.54 Å². The first-order chi connectivity index (χ1) is 13.5. The van der Waals surface area contributed by atoms with Gasteiger partial charge in [0.05, 0.1) is 11.1 Å². The summed E-state index contributed by atoms with van der Waals surface area (Å²) in [7, 11) is 0. The van der Waals surface area contributed by atoms with Gasteiger partial charge >= 0.3 is 5.97 Å². The molecule has 0 bridgehead atoms. The Morgan fingerprint density at radius 1 is 1.14 bits per heavy atom. The molecular weight excluding hydrogens is 356 g/mol. The third-order valence-electron chi connectivity index (χ3n) is 4.65. The van der Waals surface area contributed by atoms with E-state index in [1.165, 1.54) is 0 Å². The summed E-state index contributed by atoms with van der Waals surface area (Å²) in [5, 5.41) is 10.9. The average Bonchev–Trinajstić information content (AvgIpc) is 3.14. The van der Waals surface area contributed by atoms with Crippen LogP contribution in [0.5, 0.6) is 0 Å². The molecule has 146 valence electrons. The molecule has 1 aromatic heterocycles. The van der Waals surface area contributed by atoms with Gasteiger partial charge in [0.1, 0.15) is 5.52 Å². The number of aryl methyl sites for hydroxylation is 1. The molecule has 0 unspecified atom stereocenters. The average molecular weight is 380 g/mol. The highest BCUT2D eigenvalue weighted by Crippen LogP contribution is 2.15. The lowest BCUT2D eigenvalue weighted by Gasteiger charge is -2.16. The maximum atomic E-state index is 12.4. The molecule has 0 saturated carbocycles. The van der Waals surface area contributed by atoms with Crippen LogP contribution in [0.1, 0.15) is 42.6 Å². The summed E-state index contributed by atoms with van der Waals surface area (Å²) in [5.74, 6) is -0.725. The molecule has 2 aromatic carbocycles. The molecule has 0 saturated heterocycles. The largest absolute Gasteiger partial charge is 0.449 e. The Labute approximate surface area is 163 Å². The number of nitrogens with one attached hydrogen (secondary N) is 1. The van der Waals surface area contributed by atoms with E-state index in [2.05, 4.69) is 15.6 Å². The highest BCUT2D eigenvalue weighted by molar-refractivity contribution is 5.95. The van der Waals surface area contributed by atoms with Crippen molar-refractivity contribution < 1.29 is 14.3 Å². The Morgan fingerprint density at radius 3 is 2.61 bits per heavy atom. The Morgan fingerprint density at radius 2 is 1.89 bits per heavy atom. The Hall–Kier alpha value is -3.22. The van der Waals surface area contributed by atoms with Gasteiger partial charge in [-0.1, -0.05) is 42.5 Å². The van der Waals surface area contributed by atoms with Crippen molar-refractivity contribution in [2.24, 2.45) is 0 Å². The number of esters is 1. The molecule has 28 heavy (non-hydrogen) atoms. The fourth-order valence-corrected chi connectivity index (χ4v) is 2.91. The van der Waals surface area contributed by atoms with Crippen LogP contribution < -0.4 is 5.32 Å². The highest BCUT2D eigenvalue weighted by atomic mass is 16.5. The van der Waals surface area contributed by atoms with E-state index in [4.69, 9.17) is 4.74 Å². The van der Waals surface area contributed by atoms with E-state index in [0.29, 0.717) is 24.2 Å². The molecule has 7 nitrogen and oxygen atoms in total. The van der Waals surface area contributed by atoms with Crippen LogP contribution in [0.25, 0.3) is 11.0 Å². The van der Waals surface area contributed by atoms with Gasteiger partial charge in [0.2, 0.25) is 0 Å². The van der Waals surface area contributed by atoms with Crippen molar-refractivity contribution in [1.82, 2.24) is 20.3 Å². The van der Waals surface area contributed by atoms with Crippen LogP contribution in [0.3, 0.4) is 0 Å². The lowest BCUT2D eigenvalue weighted by atomic mass is 10.0. The number of benzene rings is 2. The van der Waals surface area contributed by atoms with E-state index in [9.17, 15) is 9.59 Å². The van der Waals surface area contributed by atoms with E-state index in [0.717, 1.165) is 11.1 Å². The van der Waals surface area contributed by atoms with Crippen molar-refractivity contribution in [3.63, 3.8) is 0 Å². The minimum Gasteiger partial charge on any atom is -0.449 e. The molecule has 0 aliphatic carbocycles. The van der Waals surface area contributed by atoms with Gasteiger partial charge in [-0.25, -0.2) is 9.48 Å². The van der Waals surface area contributed by atoms with Crippen molar-refractivity contribution in [3.8, 4) is 0 Å². The van der Waals surface area contributed by atoms with Crippen molar-refractivity contribution in [2.45, 2.75) is 39.3 Å². The van der Waals surface area contributed by atoms with Crippen LogP contribution >= 0.6 is 0 Å². The fraction of sp³-hybridized carbons (Fsp3) is 0.333. The number of hydrogen-bond donors (Lipinski definition) is 1. The van der Waals surface area contributed by atoms with Crippen LogP contribution in [0.2, 0.25) is 0 Å². The number of fused-ring (bicyclic) bond motifs is 1. The molecule has 1 N–H and O–H groups in total. The summed E-state index contributed by atoms with van der Waals surface area (Å²) in [5.41, 5.74) is 2.94. The van der Waals surface area contributed by atoms with E-state index < -0.39 is 12.1 Å². The van der Waals surface area contributed by atoms with Crippen molar-refractivity contribution in [1.29, 1.82) is 0 Å². The number of hydrogen-bond acceptors (Lipinski definition) is 5. The third-order valence-corrected chi connectivity index (χ3v) is 4.65. The zero-order chi connectivity index (χ0) is 20.1. The molecule has 0 aliphatic heterocycles. The normalized spacial score (nSPS) is 13.1. The van der Waals surface area contributed by atoms with E-state index in [1.807, 2.05) is 44.2 Å². The smallest absolute Gasteiger partial charge is 0.338 e. The summed E-state index contributed by atoms with van der Waals surface area (Å²) in [4.78, 5) is 24.7. The second-order valence-electron chi connectivity index (χ2n) is 6.71. The maximum absolute atomic E-state index is 12.4. The molecular formula is C21H24N4O3. The summed E-state index contributed by atoms with van der Waals surface area (Å²) in [6, 6.07) is 15.0. The molecule has 7 heteroatoms. The summed E-state index contributed by atoms with van der Waals surface area (Å²) in [6.07, 6.45) is -0.891. The molecule has 1 heterocycles. The van der Waals surface area contributed by atoms with Gasteiger partial charge in [0, 0.05) is 13.1 Å². The lowest BCUT2D eigenvalue weighted by Crippen LogP contribution is -2.37. The van der Waals surface area contributed by atoms with E-state index in [1.54, 1.807) is 29.8 Å². The predicted octanol–water partition coefficient (Wildman–Crippen LogP) is 2.92. The molecule has 3 aromatic rings. The van der Waals surface area contributed by atoms with Crippen LogP contribution in [-0.4, -0.2) is 39.5 Å². The first-order valence-electron chi connectivity index (χ1n) is 9.36. The minimum atomic E-state index is -0.891. The minimum absolute atomic E-state index is 0.164. The lowest BCUT2D eigenvalue weighted by molar-refractivity contribution is -0.129. The number of carbonyl (C=O) groups excluding carboxylic acids is 2. The van der Waals surface area contributed by atoms with Gasteiger partial charge in [-0.05, 0) is 43.5 Å². The molecule has 0 fully saturated rings. The van der Waals surface area contributed by atoms with Gasteiger partial charge in [-0.3, -0.25) is 4.79 Å². The third kappa shape index (κ3) is 4.36. The standard InChI is InChI=1S/C21H24N4O3/c1-4-25-19-11-10-17(12-18(19)23-24-25)21(27)28-15(3)20(26)22-13-14(2)16-8-6-5-7-9-16/h5-12,14-15H,4,13H2,1-3H3,(H,22,26)/t14-,15+/m1/s1. The molecule has 0 aliphatic rings. The van der Waals surface area contributed by atoms with Gasteiger partial charge in [-0.2, -0.15) is 0 Å². The predicted molar refractivity (Wildman–Crippen MR) is 106 cm³/mol. The molecule has 1 amide bonds. The zero-order valence-electron chi connectivity index (χ0n) is 16.3. The molecule has 3 rings (SSSR count). The Bertz CT molecular complexity index is 968. The summed E-state index contributed by atoms with van der Waals surface area (Å²) >= 11 is 0. The number of amides is 1. The summed E-state index contributed by atoms with van der Waals surface area (Å²) < 4.78 is 7.06. The van der Waals surface area contributed by atoms with Crippen LogP contribution in [0.4, 0.5) is 0 Å². The van der Waals surface area contributed by atoms with Crippen LogP contribution in [-0.2, 0) is 16.1 Å². The van der Waals surface area contributed by atoms with E-state index >= 15 is 0 Å². The second kappa shape index (κ2) is 8.65. The monoisotopic (exact) mass is 380 g/mol.